The molecule has 0 heterocycles. The zero-order valence-corrected chi connectivity index (χ0v) is 7.32. The first-order chi connectivity index (χ1) is 6.22. The molecule has 68 valence electrons. The third-order valence-electron chi connectivity index (χ3n) is 1.24. The molecule has 1 aromatic carbocycles. The monoisotopic (exact) mass is 198 g/mol. The number of rotatable bonds is 2. The summed E-state index contributed by atoms with van der Waals surface area (Å²) in [6, 6.07) is 6.77. The first kappa shape index (κ1) is 9.47. The van der Waals surface area contributed by atoms with Crippen molar-refractivity contribution in [2.24, 2.45) is 16.0 Å². The molecule has 0 spiro atoms. The highest BCUT2D eigenvalue weighted by atomic mass is 35.5. The number of nitrogens with one attached hydrogen (secondary N) is 1. The molecule has 1 rings (SSSR count). The zero-order valence-electron chi connectivity index (χ0n) is 6.57. The molecule has 0 amide bonds. The second-order valence-corrected chi connectivity index (χ2v) is 2.62. The second kappa shape index (κ2) is 4.42. The van der Waals surface area contributed by atoms with Gasteiger partial charge in [0.25, 0.3) is 5.96 Å². The Morgan fingerprint density at radius 1 is 1.38 bits per heavy atom. The van der Waals surface area contributed by atoms with Gasteiger partial charge in [-0.1, -0.05) is 11.6 Å². The fourth-order valence-corrected chi connectivity index (χ4v) is 0.793. The number of nitrogens with zero attached hydrogens (tertiary/aromatic N) is 2. The van der Waals surface area contributed by atoms with Gasteiger partial charge in [0.1, 0.15) is 0 Å². The number of anilines is 1. The molecule has 0 unspecified atom stereocenters. The topological polar surface area (TPSA) is 79.8 Å². The predicted octanol–water partition coefficient (Wildman–Crippen LogP) is 1.75. The Hall–Kier alpha value is -1.62. The van der Waals surface area contributed by atoms with E-state index in [2.05, 4.69) is 15.7 Å². The van der Waals surface area contributed by atoms with Crippen molar-refractivity contribution in [3.05, 3.63) is 34.2 Å². The van der Waals surface area contributed by atoms with Crippen LogP contribution in [-0.4, -0.2) is 5.96 Å². The summed E-state index contributed by atoms with van der Waals surface area (Å²) < 4.78 is 0. The van der Waals surface area contributed by atoms with Gasteiger partial charge in [0.2, 0.25) is 0 Å². The fraction of sp³-hybridized carbons (Fsp3) is 0. The summed E-state index contributed by atoms with van der Waals surface area (Å²) >= 11 is 5.64. The van der Waals surface area contributed by atoms with Gasteiger partial charge >= 0.3 is 0 Å². The Labute approximate surface area is 79.5 Å². The number of nitrogens with two attached hydrogens (primary N) is 1. The minimum atomic E-state index is -0.352. The minimum Gasteiger partial charge on any atom is -0.364 e. The van der Waals surface area contributed by atoms with Gasteiger partial charge in [-0.05, 0) is 24.3 Å². The summed E-state index contributed by atoms with van der Waals surface area (Å²) in [5, 5.41) is 6.50. The molecule has 0 saturated carbocycles. The van der Waals surface area contributed by atoms with Gasteiger partial charge in [-0.25, -0.2) is 0 Å². The smallest absolute Gasteiger partial charge is 0.279 e. The lowest BCUT2D eigenvalue weighted by molar-refractivity contribution is 1.28. The lowest BCUT2D eigenvalue weighted by atomic mass is 10.3. The summed E-state index contributed by atoms with van der Waals surface area (Å²) in [5.41, 5.74) is 8.24. The van der Waals surface area contributed by atoms with Crippen LogP contribution in [0.1, 0.15) is 0 Å². The molecule has 13 heavy (non-hydrogen) atoms. The van der Waals surface area contributed by atoms with Crippen LogP contribution in [0.2, 0.25) is 5.02 Å². The summed E-state index contributed by atoms with van der Waals surface area (Å²) in [5.74, 6) is -0.352. The fourth-order valence-electron chi connectivity index (χ4n) is 0.667. The van der Waals surface area contributed by atoms with Crippen LogP contribution in [0.4, 0.5) is 5.69 Å². The van der Waals surface area contributed by atoms with E-state index in [1.165, 1.54) is 0 Å². The zero-order chi connectivity index (χ0) is 9.68. The minimum absolute atomic E-state index is 0.352. The van der Waals surface area contributed by atoms with Crippen molar-refractivity contribution in [1.82, 2.24) is 0 Å². The van der Waals surface area contributed by atoms with Gasteiger partial charge in [0.15, 0.2) is 0 Å². The summed E-state index contributed by atoms with van der Waals surface area (Å²) in [4.78, 5) is 9.81. The first-order valence-electron chi connectivity index (χ1n) is 3.40. The molecule has 1 aromatic rings. The van der Waals surface area contributed by atoms with Gasteiger partial charge in [-0.15, -0.1) is 10.0 Å². The molecule has 0 bridgehead atoms. The molecule has 6 heteroatoms. The normalized spacial score (nSPS) is 11.0. The average molecular weight is 199 g/mol. The first-order valence-corrected chi connectivity index (χ1v) is 3.78. The Morgan fingerprint density at radius 3 is 2.54 bits per heavy atom. The van der Waals surface area contributed by atoms with Crippen LogP contribution >= 0.6 is 11.6 Å². The van der Waals surface area contributed by atoms with Gasteiger partial charge in [-0.2, -0.15) is 0 Å². The van der Waals surface area contributed by atoms with Gasteiger partial charge in [0, 0.05) is 10.2 Å². The molecular weight excluding hydrogens is 192 g/mol. The maximum Gasteiger partial charge on any atom is 0.279 e. The SMILES string of the molecule is N/C(N=O)=N\Nc1ccc(Cl)cc1. The Morgan fingerprint density at radius 2 is 2.00 bits per heavy atom. The van der Waals surface area contributed by atoms with Crippen LogP contribution in [0.5, 0.6) is 0 Å². The summed E-state index contributed by atoms with van der Waals surface area (Å²) in [6.07, 6.45) is 0. The summed E-state index contributed by atoms with van der Waals surface area (Å²) in [6.45, 7) is 0. The molecule has 0 atom stereocenters. The van der Waals surface area contributed by atoms with Crippen LogP contribution in [-0.2, 0) is 0 Å². The van der Waals surface area contributed by atoms with Crippen molar-refractivity contribution in [2.45, 2.75) is 0 Å². The Bertz CT molecular complexity index is 322. The molecule has 0 aliphatic heterocycles. The maximum atomic E-state index is 9.81. The van der Waals surface area contributed by atoms with Gasteiger partial charge in [0.05, 0.1) is 5.69 Å². The van der Waals surface area contributed by atoms with Crippen LogP contribution in [0, 0.1) is 4.91 Å². The van der Waals surface area contributed by atoms with Crippen LogP contribution in [0.25, 0.3) is 0 Å². The number of guanidine groups is 1. The molecule has 0 aliphatic rings. The molecule has 0 fully saturated rings. The highest BCUT2D eigenvalue weighted by Crippen LogP contribution is 2.12. The van der Waals surface area contributed by atoms with E-state index in [4.69, 9.17) is 17.3 Å². The Balaban J connectivity index is 2.65. The van der Waals surface area contributed by atoms with Crippen molar-refractivity contribution in [1.29, 1.82) is 0 Å². The van der Waals surface area contributed by atoms with E-state index in [-0.39, 0.29) is 5.96 Å². The average Bonchev–Trinajstić information content (AvgIpc) is 2.16. The second-order valence-electron chi connectivity index (χ2n) is 2.18. The van der Waals surface area contributed by atoms with Gasteiger partial charge in [-0.3, -0.25) is 5.43 Å². The number of nitroso groups, excluding NO2 is 1. The number of hydrogen-bond donors (Lipinski definition) is 2. The van der Waals surface area contributed by atoms with Crippen LogP contribution < -0.4 is 11.2 Å². The van der Waals surface area contributed by atoms with E-state index in [9.17, 15) is 4.91 Å². The molecular formula is C7H7ClN4O. The third-order valence-corrected chi connectivity index (χ3v) is 1.49. The van der Waals surface area contributed by atoms with E-state index >= 15 is 0 Å². The molecule has 5 nitrogen and oxygen atoms in total. The molecule has 0 aliphatic carbocycles. The number of hydrogen-bond acceptors (Lipinski definition) is 3. The van der Waals surface area contributed by atoms with E-state index in [1.54, 1.807) is 24.3 Å². The molecule has 3 N–H and O–H groups in total. The van der Waals surface area contributed by atoms with E-state index in [1.807, 2.05) is 0 Å². The van der Waals surface area contributed by atoms with E-state index in [0.29, 0.717) is 10.7 Å². The molecule has 0 radical (unpaired) electrons. The van der Waals surface area contributed by atoms with Gasteiger partial charge < -0.3 is 5.73 Å². The number of hydrazone groups is 1. The van der Waals surface area contributed by atoms with E-state index < -0.39 is 0 Å². The standard InChI is InChI=1S/C7H7ClN4O/c8-5-1-3-6(4-2-5)10-11-7(9)12-13/h1-4,10H,(H2,9,11). The van der Waals surface area contributed by atoms with Crippen LogP contribution in [0.3, 0.4) is 0 Å². The van der Waals surface area contributed by atoms with Crippen LogP contribution in [0.15, 0.2) is 34.5 Å². The number of benzene rings is 1. The quantitative estimate of drug-likeness (QED) is 0.329. The van der Waals surface area contributed by atoms with Crippen molar-refractivity contribution < 1.29 is 0 Å². The molecule has 0 saturated heterocycles. The van der Waals surface area contributed by atoms with Crippen molar-refractivity contribution in [2.75, 3.05) is 5.43 Å². The largest absolute Gasteiger partial charge is 0.364 e. The third kappa shape index (κ3) is 3.08. The molecule has 0 aromatic heterocycles. The predicted molar refractivity (Wildman–Crippen MR) is 52.5 cm³/mol. The Kier molecular flexibility index (Phi) is 3.22. The summed E-state index contributed by atoms with van der Waals surface area (Å²) in [7, 11) is 0. The van der Waals surface area contributed by atoms with Crippen molar-refractivity contribution in [3.63, 3.8) is 0 Å². The maximum absolute atomic E-state index is 9.81. The lowest BCUT2D eigenvalue weighted by Crippen LogP contribution is -2.09. The van der Waals surface area contributed by atoms with E-state index in [0.717, 1.165) is 0 Å². The highest BCUT2D eigenvalue weighted by molar-refractivity contribution is 6.30. The number of halogens is 1. The highest BCUT2D eigenvalue weighted by Gasteiger charge is 1.91. The van der Waals surface area contributed by atoms with Crippen molar-refractivity contribution in [3.8, 4) is 0 Å². The van der Waals surface area contributed by atoms with Crippen molar-refractivity contribution >= 4 is 23.2 Å². The lowest BCUT2D eigenvalue weighted by Gasteiger charge is -1.98.